The van der Waals surface area contributed by atoms with Gasteiger partial charge in [-0.05, 0) is 6.07 Å². The third-order valence-electron chi connectivity index (χ3n) is 2.04. The lowest BCUT2D eigenvalue weighted by Crippen LogP contribution is -2.12. The highest BCUT2D eigenvalue weighted by molar-refractivity contribution is 5.16. The van der Waals surface area contributed by atoms with Gasteiger partial charge in [-0.1, -0.05) is 20.8 Å². The van der Waals surface area contributed by atoms with Crippen LogP contribution in [-0.4, -0.2) is 16.9 Å². The van der Waals surface area contributed by atoms with Crippen molar-refractivity contribution < 1.29 is 4.74 Å². The number of methoxy groups -OCH3 is 1. The summed E-state index contributed by atoms with van der Waals surface area (Å²) in [6.45, 7) is 7.10. The zero-order chi connectivity index (χ0) is 10.1. The molecular weight excluding hydrogens is 164 g/mol. The maximum Gasteiger partial charge on any atom is 0.0880 e. The van der Waals surface area contributed by atoms with Gasteiger partial charge in [0.05, 0.1) is 18.0 Å². The summed E-state index contributed by atoms with van der Waals surface area (Å²) in [5.41, 5.74) is 2.35. The van der Waals surface area contributed by atoms with Crippen LogP contribution in [0.5, 0.6) is 0 Å². The van der Waals surface area contributed by atoms with Crippen molar-refractivity contribution in [2.24, 2.45) is 7.05 Å². The molecule has 0 unspecified atom stereocenters. The van der Waals surface area contributed by atoms with Gasteiger partial charge in [-0.2, -0.15) is 5.10 Å². The number of nitrogens with zero attached hydrogens (tertiary/aromatic N) is 2. The first-order chi connectivity index (χ1) is 5.95. The minimum absolute atomic E-state index is 0.115. The Labute approximate surface area is 79.7 Å². The van der Waals surface area contributed by atoms with Gasteiger partial charge < -0.3 is 4.74 Å². The molecule has 1 rings (SSSR count). The molecule has 0 aliphatic heterocycles. The molecule has 0 amide bonds. The molecule has 0 bridgehead atoms. The van der Waals surface area contributed by atoms with E-state index in [9.17, 15) is 0 Å². The van der Waals surface area contributed by atoms with E-state index in [1.54, 1.807) is 7.11 Å². The average Bonchev–Trinajstić information content (AvgIpc) is 2.32. The van der Waals surface area contributed by atoms with Gasteiger partial charge in [0.1, 0.15) is 0 Å². The van der Waals surface area contributed by atoms with Crippen molar-refractivity contribution in [3.8, 4) is 0 Å². The third-order valence-corrected chi connectivity index (χ3v) is 2.04. The first kappa shape index (κ1) is 10.3. The summed E-state index contributed by atoms with van der Waals surface area (Å²) in [6.07, 6.45) is 0. The van der Waals surface area contributed by atoms with E-state index in [0.29, 0.717) is 6.61 Å². The molecule has 1 heterocycles. The van der Waals surface area contributed by atoms with Crippen LogP contribution in [0.4, 0.5) is 0 Å². The van der Waals surface area contributed by atoms with E-state index in [1.165, 1.54) is 0 Å². The molecule has 0 saturated heterocycles. The number of aromatic nitrogens is 2. The van der Waals surface area contributed by atoms with Crippen LogP contribution in [0.1, 0.15) is 32.2 Å². The SMILES string of the molecule is COCc1cc(C(C)(C)C)nn1C. The lowest BCUT2D eigenvalue weighted by molar-refractivity contribution is 0.178. The summed E-state index contributed by atoms with van der Waals surface area (Å²) in [5.74, 6) is 0. The van der Waals surface area contributed by atoms with E-state index < -0.39 is 0 Å². The van der Waals surface area contributed by atoms with Gasteiger partial charge >= 0.3 is 0 Å². The van der Waals surface area contributed by atoms with Crippen LogP contribution in [0.2, 0.25) is 0 Å². The molecule has 0 aliphatic carbocycles. The van der Waals surface area contributed by atoms with E-state index in [0.717, 1.165) is 11.4 Å². The van der Waals surface area contributed by atoms with Gasteiger partial charge in [0.25, 0.3) is 0 Å². The molecule has 0 aliphatic rings. The zero-order valence-corrected chi connectivity index (χ0v) is 9.09. The molecule has 0 N–H and O–H groups in total. The molecule has 0 radical (unpaired) electrons. The minimum atomic E-state index is 0.115. The topological polar surface area (TPSA) is 27.1 Å². The van der Waals surface area contributed by atoms with Crippen molar-refractivity contribution in [2.45, 2.75) is 32.8 Å². The van der Waals surface area contributed by atoms with E-state index in [-0.39, 0.29) is 5.41 Å². The van der Waals surface area contributed by atoms with E-state index in [2.05, 4.69) is 31.9 Å². The Morgan fingerprint density at radius 1 is 1.46 bits per heavy atom. The average molecular weight is 182 g/mol. The maximum absolute atomic E-state index is 5.07. The Balaban J connectivity index is 2.95. The highest BCUT2D eigenvalue weighted by atomic mass is 16.5. The molecule has 3 heteroatoms. The normalized spacial score (nSPS) is 12.1. The van der Waals surface area contributed by atoms with Crippen molar-refractivity contribution in [3.63, 3.8) is 0 Å². The fraction of sp³-hybridized carbons (Fsp3) is 0.700. The smallest absolute Gasteiger partial charge is 0.0880 e. The lowest BCUT2D eigenvalue weighted by Gasteiger charge is -2.13. The fourth-order valence-electron chi connectivity index (χ4n) is 1.16. The van der Waals surface area contributed by atoms with E-state index >= 15 is 0 Å². The Morgan fingerprint density at radius 2 is 2.08 bits per heavy atom. The van der Waals surface area contributed by atoms with Crippen molar-refractivity contribution >= 4 is 0 Å². The van der Waals surface area contributed by atoms with Crippen LogP contribution in [0, 0.1) is 0 Å². The van der Waals surface area contributed by atoms with Crippen molar-refractivity contribution in [1.29, 1.82) is 0 Å². The maximum atomic E-state index is 5.07. The minimum Gasteiger partial charge on any atom is -0.378 e. The predicted octanol–water partition coefficient (Wildman–Crippen LogP) is 1.86. The fourth-order valence-corrected chi connectivity index (χ4v) is 1.16. The van der Waals surface area contributed by atoms with Crippen LogP contribution in [0.25, 0.3) is 0 Å². The third kappa shape index (κ3) is 2.31. The second-order valence-electron chi connectivity index (χ2n) is 4.33. The Kier molecular flexibility index (Phi) is 2.76. The molecule has 0 saturated carbocycles. The second-order valence-corrected chi connectivity index (χ2v) is 4.33. The highest BCUT2D eigenvalue weighted by Gasteiger charge is 2.18. The Hall–Kier alpha value is -0.830. The Morgan fingerprint density at radius 3 is 2.46 bits per heavy atom. The molecule has 0 atom stereocenters. The largest absolute Gasteiger partial charge is 0.378 e. The van der Waals surface area contributed by atoms with E-state index in [4.69, 9.17) is 4.74 Å². The van der Waals surface area contributed by atoms with Crippen LogP contribution < -0.4 is 0 Å². The lowest BCUT2D eigenvalue weighted by atomic mass is 9.92. The van der Waals surface area contributed by atoms with Gasteiger partial charge in [-0.15, -0.1) is 0 Å². The van der Waals surface area contributed by atoms with Crippen molar-refractivity contribution in [1.82, 2.24) is 9.78 Å². The van der Waals surface area contributed by atoms with Crippen molar-refractivity contribution in [3.05, 3.63) is 17.5 Å². The number of aryl methyl sites for hydroxylation is 1. The number of ether oxygens (including phenoxy) is 1. The van der Waals surface area contributed by atoms with E-state index in [1.807, 2.05) is 11.7 Å². The van der Waals surface area contributed by atoms with Crippen LogP contribution in [0.15, 0.2) is 6.07 Å². The molecule has 0 spiro atoms. The zero-order valence-electron chi connectivity index (χ0n) is 9.09. The van der Waals surface area contributed by atoms with Crippen LogP contribution >= 0.6 is 0 Å². The summed E-state index contributed by atoms with van der Waals surface area (Å²) < 4.78 is 6.95. The van der Waals surface area contributed by atoms with Gasteiger partial charge in [0.15, 0.2) is 0 Å². The first-order valence-corrected chi connectivity index (χ1v) is 4.47. The van der Waals surface area contributed by atoms with Gasteiger partial charge in [0.2, 0.25) is 0 Å². The monoisotopic (exact) mass is 182 g/mol. The summed E-state index contributed by atoms with van der Waals surface area (Å²) in [4.78, 5) is 0. The highest BCUT2D eigenvalue weighted by Crippen LogP contribution is 2.21. The molecule has 13 heavy (non-hydrogen) atoms. The van der Waals surface area contributed by atoms with Gasteiger partial charge in [-0.25, -0.2) is 0 Å². The number of rotatable bonds is 2. The predicted molar refractivity (Wildman–Crippen MR) is 52.6 cm³/mol. The number of hydrogen-bond acceptors (Lipinski definition) is 2. The van der Waals surface area contributed by atoms with Crippen LogP contribution in [0.3, 0.4) is 0 Å². The molecule has 1 aromatic heterocycles. The molecule has 3 nitrogen and oxygen atoms in total. The summed E-state index contributed by atoms with van der Waals surface area (Å²) >= 11 is 0. The molecular formula is C10H18N2O. The van der Waals surface area contributed by atoms with Gasteiger partial charge in [-0.3, -0.25) is 4.68 Å². The quantitative estimate of drug-likeness (QED) is 0.698. The Bertz CT molecular complexity index is 284. The molecule has 74 valence electrons. The summed E-state index contributed by atoms with van der Waals surface area (Å²) in [6, 6.07) is 2.10. The standard InChI is InChI=1S/C10H18N2O/c1-10(2,3)9-6-8(7-13-5)12(4)11-9/h6H,7H2,1-5H3. The molecule has 0 fully saturated rings. The van der Waals surface area contributed by atoms with Crippen LogP contribution in [-0.2, 0) is 23.8 Å². The summed E-state index contributed by atoms with van der Waals surface area (Å²) in [7, 11) is 3.65. The van der Waals surface area contributed by atoms with Gasteiger partial charge in [0, 0.05) is 19.6 Å². The first-order valence-electron chi connectivity index (χ1n) is 4.47. The number of hydrogen-bond donors (Lipinski definition) is 0. The second kappa shape index (κ2) is 3.50. The molecule has 0 aromatic carbocycles. The summed E-state index contributed by atoms with van der Waals surface area (Å²) in [5, 5.41) is 4.44. The molecule has 1 aromatic rings. The van der Waals surface area contributed by atoms with Crippen molar-refractivity contribution in [2.75, 3.05) is 7.11 Å².